The summed E-state index contributed by atoms with van der Waals surface area (Å²) >= 11 is 0. The number of aromatic nitrogens is 1. The first-order chi connectivity index (χ1) is 10.6. The van der Waals surface area contributed by atoms with Gasteiger partial charge >= 0.3 is 0 Å². The van der Waals surface area contributed by atoms with E-state index in [0.717, 1.165) is 28.3 Å². The van der Waals surface area contributed by atoms with E-state index >= 15 is 0 Å². The average molecular weight is 297 g/mol. The van der Waals surface area contributed by atoms with Crippen LogP contribution in [0.2, 0.25) is 0 Å². The molecule has 0 aliphatic heterocycles. The van der Waals surface area contributed by atoms with Crippen molar-refractivity contribution in [1.29, 1.82) is 0 Å². The molecule has 0 spiro atoms. The van der Waals surface area contributed by atoms with Crippen molar-refractivity contribution in [2.45, 2.75) is 13.3 Å². The lowest BCUT2D eigenvalue weighted by atomic mass is 10.0. The minimum absolute atomic E-state index is 0.0237. The maximum Gasteiger partial charge on any atom is 0.258 e. The van der Waals surface area contributed by atoms with Gasteiger partial charge in [0, 0.05) is 17.8 Å². The highest BCUT2D eigenvalue weighted by molar-refractivity contribution is 6.07. The van der Waals surface area contributed by atoms with Crippen molar-refractivity contribution in [2.75, 3.05) is 14.2 Å². The lowest BCUT2D eigenvalue weighted by Crippen LogP contribution is -2.18. The minimum atomic E-state index is -0.0237. The number of para-hydroxylation sites is 1. The second-order valence-electron chi connectivity index (χ2n) is 5.28. The summed E-state index contributed by atoms with van der Waals surface area (Å²) in [6.45, 7) is 2.10. The number of methoxy groups -OCH3 is 2. The summed E-state index contributed by atoms with van der Waals surface area (Å²) in [6.07, 6.45) is 0.878. The fourth-order valence-electron chi connectivity index (χ4n) is 3.05. The molecule has 3 aromatic rings. The van der Waals surface area contributed by atoms with Crippen LogP contribution in [0.4, 0.5) is 0 Å². The van der Waals surface area contributed by atoms with E-state index in [0.29, 0.717) is 16.9 Å². The predicted molar refractivity (Wildman–Crippen MR) is 89.2 cm³/mol. The van der Waals surface area contributed by atoms with Gasteiger partial charge < -0.3 is 14.0 Å². The molecule has 0 aliphatic rings. The van der Waals surface area contributed by atoms with Crippen molar-refractivity contribution < 1.29 is 9.47 Å². The van der Waals surface area contributed by atoms with Crippen LogP contribution in [0.1, 0.15) is 12.5 Å². The quantitative estimate of drug-likeness (QED) is 0.697. The Morgan fingerprint density at radius 2 is 1.64 bits per heavy atom. The highest BCUT2D eigenvalue weighted by Crippen LogP contribution is 2.34. The summed E-state index contributed by atoms with van der Waals surface area (Å²) in [6, 6.07) is 9.78. The summed E-state index contributed by atoms with van der Waals surface area (Å²) in [7, 11) is 4.99. The van der Waals surface area contributed by atoms with Gasteiger partial charge in [0.15, 0.2) is 11.5 Å². The van der Waals surface area contributed by atoms with Gasteiger partial charge in [0.25, 0.3) is 5.56 Å². The molecule has 4 nitrogen and oxygen atoms in total. The molecule has 0 bridgehead atoms. The molecule has 22 heavy (non-hydrogen) atoms. The van der Waals surface area contributed by atoms with E-state index in [1.165, 1.54) is 0 Å². The Morgan fingerprint density at radius 1 is 1.00 bits per heavy atom. The number of pyridine rings is 1. The summed E-state index contributed by atoms with van der Waals surface area (Å²) in [5.41, 5.74) is 2.12. The van der Waals surface area contributed by atoms with Crippen molar-refractivity contribution in [3.8, 4) is 11.5 Å². The van der Waals surface area contributed by atoms with Crippen LogP contribution in [0.15, 0.2) is 35.1 Å². The number of hydrogen-bond acceptors (Lipinski definition) is 3. The Labute approximate surface area is 128 Å². The Morgan fingerprint density at radius 3 is 2.23 bits per heavy atom. The minimum Gasteiger partial charge on any atom is -0.493 e. The summed E-state index contributed by atoms with van der Waals surface area (Å²) in [4.78, 5) is 12.7. The average Bonchev–Trinajstić information content (AvgIpc) is 2.57. The Hall–Kier alpha value is -2.49. The van der Waals surface area contributed by atoms with Gasteiger partial charge in [-0.3, -0.25) is 4.79 Å². The third-order valence-electron chi connectivity index (χ3n) is 4.18. The molecule has 0 aliphatic carbocycles. The van der Waals surface area contributed by atoms with Gasteiger partial charge in [-0.15, -0.1) is 0 Å². The van der Waals surface area contributed by atoms with Crippen molar-refractivity contribution in [3.05, 3.63) is 46.2 Å². The van der Waals surface area contributed by atoms with Gasteiger partial charge in [0.05, 0.1) is 25.1 Å². The first-order valence-corrected chi connectivity index (χ1v) is 7.28. The van der Waals surface area contributed by atoms with Crippen LogP contribution < -0.4 is 15.0 Å². The molecule has 0 fully saturated rings. The number of benzene rings is 2. The molecule has 0 atom stereocenters. The fraction of sp³-hybridized carbons (Fsp3) is 0.278. The van der Waals surface area contributed by atoms with Crippen molar-refractivity contribution >= 4 is 21.7 Å². The van der Waals surface area contributed by atoms with E-state index in [4.69, 9.17) is 9.47 Å². The molecule has 0 N–H and O–H groups in total. The lowest BCUT2D eigenvalue weighted by molar-refractivity contribution is 0.356. The number of fused-ring (bicyclic) bond motifs is 3. The van der Waals surface area contributed by atoms with E-state index < -0.39 is 0 Å². The predicted octanol–water partition coefficient (Wildman–Crippen LogP) is 3.27. The molecule has 0 saturated heterocycles. The number of rotatable bonds is 3. The first-order valence-electron chi connectivity index (χ1n) is 7.28. The van der Waals surface area contributed by atoms with E-state index in [-0.39, 0.29) is 5.56 Å². The Balaban J connectivity index is 2.59. The molecule has 114 valence electrons. The fourth-order valence-corrected chi connectivity index (χ4v) is 3.05. The monoisotopic (exact) mass is 297 g/mol. The van der Waals surface area contributed by atoms with Crippen LogP contribution in [0.5, 0.6) is 11.5 Å². The zero-order valence-corrected chi connectivity index (χ0v) is 13.3. The number of aryl methyl sites for hydroxylation is 2. The van der Waals surface area contributed by atoms with Crippen LogP contribution in [-0.4, -0.2) is 18.8 Å². The van der Waals surface area contributed by atoms with Crippen LogP contribution in [0.3, 0.4) is 0 Å². The zero-order chi connectivity index (χ0) is 15.9. The Bertz CT molecular complexity index is 925. The summed E-state index contributed by atoms with van der Waals surface area (Å²) in [5.74, 6) is 1.20. The van der Waals surface area contributed by atoms with Crippen LogP contribution in [0, 0.1) is 0 Å². The Kier molecular flexibility index (Phi) is 3.53. The molecule has 0 saturated carbocycles. The molecule has 0 radical (unpaired) electrons. The SMILES string of the molecule is CCc1cccc2c3cc(OC)c(OC)cc3c(=O)n(C)c12. The molecule has 4 heteroatoms. The number of ether oxygens (including phenoxy) is 2. The maximum absolute atomic E-state index is 12.7. The van der Waals surface area contributed by atoms with Gasteiger partial charge in [0.1, 0.15) is 0 Å². The van der Waals surface area contributed by atoms with Crippen molar-refractivity contribution in [2.24, 2.45) is 7.05 Å². The lowest BCUT2D eigenvalue weighted by Gasteiger charge is -2.15. The molecule has 1 aromatic heterocycles. The number of hydrogen-bond donors (Lipinski definition) is 0. The van der Waals surface area contributed by atoms with Gasteiger partial charge in [-0.05, 0) is 24.1 Å². The van der Waals surface area contributed by atoms with Gasteiger partial charge in [-0.2, -0.15) is 0 Å². The maximum atomic E-state index is 12.7. The zero-order valence-electron chi connectivity index (χ0n) is 13.3. The standard InChI is InChI=1S/C18H19NO3/c1-5-11-7-6-8-12-13-9-15(21-3)16(22-4)10-14(13)18(20)19(2)17(11)12/h6-10H,5H2,1-4H3. The van der Waals surface area contributed by atoms with E-state index in [1.807, 2.05) is 25.2 Å². The molecule has 0 amide bonds. The molecule has 3 rings (SSSR count). The molecule has 2 aromatic carbocycles. The topological polar surface area (TPSA) is 40.5 Å². The third kappa shape index (κ3) is 1.95. The third-order valence-corrected chi connectivity index (χ3v) is 4.18. The summed E-state index contributed by atoms with van der Waals surface area (Å²) < 4.78 is 12.4. The number of nitrogens with zero attached hydrogens (tertiary/aromatic N) is 1. The van der Waals surface area contributed by atoms with Crippen molar-refractivity contribution in [3.63, 3.8) is 0 Å². The van der Waals surface area contributed by atoms with Crippen LogP contribution in [-0.2, 0) is 13.5 Å². The van der Waals surface area contributed by atoms with Gasteiger partial charge in [-0.25, -0.2) is 0 Å². The highest BCUT2D eigenvalue weighted by Gasteiger charge is 2.14. The van der Waals surface area contributed by atoms with E-state index in [1.54, 1.807) is 24.9 Å². The van der Waals surface area contributed by atoms with E-state index in [9.17, 15) is 4.79 Å². The smallest absolute Gasteiger partial charge is 0.258 e. The molecule has 0 unspecified atom stereocenters. The first kappa shape index (κ1) is 14.4. The van der Waals surface area contributed by atoms with E-state index in [2.05, 4.69) is 13.0 Å². The second-order valence-corrected chi connectivity index (χ2v) is 5.28. The van der Waals surface area contributed by atoms with Crippen LogP contribution >= 0.6 is 0 Å². The molecule has 1 heterocycles. The molecular weight excluding hydrogens is 278 g/mol. The molecular formula is C18H19NO3. The van der Waals surface area contributed by atoms with Crippen molar-refractivity contribution in [1.82, 2.24) is 4.57 Å². The largest absolute Gasteiger partial charge is 0.493 e. The summed E-state index contributed by atoms with van der Waals surface area (Å²) in [5, 5.41) is 2.59. The normalized spacial score (nSPS) is 11.1. The second kappa shape index (κ2) is 5.37. The van der Waals surface area contributed by atoms with Crippen LogP contribution in [0.25, 0.3) is 21.7 Å². The van der Waals surface area contributed by atoms with Gasteiger partial charge in [0.2, 0.25) is 0 Å². The highest BCUT2D eigenvalue weighted by atomic mass is 16.5. The van der Waals surface area contributed by atoms with Gasteiger partial charge in [-0.1, -0.05) is 25.1 Å².